The fourth-order valence-electron chi connectivity index (χ4n) is 2.55. The number of carbonyl (C=O) groups is 1. The number of nitrogen functional groups attached to an aromatic ring is 1. The molecule has 3 aromatic carbocycles. The van der Waals surface area contributed by atoms with Gasteiger partial charge in [-0.15, -0.1) is 0 Å². The largest absolute Gasteiger partial charge is 0.496 e. The predicted molar refractivity (Wildman–Crippen MR) is 103 cm³/mol. The lowest BCUT2D eigenvalue weighted by atomic mass is 10.0. The van der Waals surface area contributed by atoms with Crippen LogP contribution < -0.4 is 10.5 Å². The molecule has 3 aromatic rings. The van der Waals surface area contributed by atoms with Gasteiger partial charge in [0, 0.05) is 6.07 Å². The summed E-state index contributed by atoms with van der Waals surface area (Å²) in [6, 6.07) is 20.9. The Kier molecular flexibility index (Phi) is 5.44. The van der Waals surface area contributed by atoms with Crippen LogP contribution in [0, 0.1) is 0 Å². The van der Waals surface area contributed by atoms with Crippen LogP contribution in [0.15, 0.2) is 66.7 Å². The van der Waals surface area contributed by atoms with Crippen LogP contribution in [0.3, 0.4) is 0 Å². The first-order valence-electron chi connectivity index (χ1n) is 8.03. The molecule has 0 heterocycles. The molecule has 0 atom stereocenters. The van der Waals surface area contributed by atoms with Crippen molar-refractivity contribution in [3.8, 4) is 16.9 Å². The highest BCUT2D eigenvalue weighted by Crippen LogP contribution is 2.29. The normalized spacial score (nSPS) is 10.4. The van der Waals surface area contributed by atoms with Crippen LogP contribution in [0.25, 0.3) is 11.1 Å². The molecule has 0 radical (unpaired) electrons. The molecule has 3 rings (SSSR count). The fourth-order valence-corrected chi connectivity index (χ4v) is 2.71. The van der Waals surface area contributed by atoms with E-state index in [1.807, 2.05) is 54.6 Å². The Labute approximate surface area is 157 Å². The topological polar surface area (TPSA) is 61.5 Å². The summed E-state index contributed by atoms with van der Waals surface area (Å²) in [5.41, 5.74) is 9.44. The Morgan fingerprint density at radius 1 is 1.00 bits per heavy atom. The monoisotopic (exact) mass is 367 g/mol. The van der Waals surface area contributed by atoms with Crippen molar-refractivity contribution in [2.75, 3.05) is 12.8 Å². The zero-order chi connectivity index (χ0) is 18.5. The number of hydrogen-bond acceptors (Lipinski definition) is 4. The fraction of sp³-hybridized carbons (Fsp3) is 0.0952. The maximum Gasteiger partial charge on any atom is 0.342 e. The van der Waals surface area contributed by atoms with Crippen LogP contribution >= 0.6 is 11.6 Å². The molecular weight excluding hydrogens is 350 g/mol. The quantitative estimate of drug-likeness (QED) is 0.511. The molecule has 0 unspecified atom stereocenters. The Morgan fingerprint density at radius 2 is 1.65 bits per heavy atom. The van der Waals surface area contributed by atoms with E-state index in [0.29, 0.717) is 11.4 Å². The number of rotatable bonds is 5. The van der Waals surface area contributed by atoms with E-state index < -0.39 is 5.97 Å². The highest BCUT2D eigenvalue weighted by molar-refractivity contribution is 6.33. The molecule has 0 aliphatic heterocycles. The van der Waals surface area contributed by atoms with Gasteiger partial charge in [0.1, 0.15) is 17.9 Å². The van der Waals surface area contributed by atoms with E-state index in [0.717, 1.165) is 16.7 Å². The highest BCUT2D eigenvalue weighted by Gasteiger charge is 2.16. The second-order valence-electron chi connectivity index (χ2n) is 5.71. The lowest BCUT2D eigenvalue weighted by Crippen LogP contribution is -2.08. The summed E-state index contributed by atoms with van der Waals surface area (Å²) in [5.74, 6) is -0.188. The summed E-state index contributed by atoms with van der Waals surface area (Å²) >= 11 is 5.99. The van der Waals surface area contributed by atoms with Crippen LogP contribution in [0.4, 0.5) is 5.69 Å². The number of benzene rings is 3. The minimum atomic E-state index is -0.518. The van der Waals surface area contributed by atoms with Gasteiger partial charge in [0.05, 0.1) is 17.8 Å². The molecule has 5 heteroatoms. The smallest absolute Gasteiger partial charge is 0.342 e. The van der Waals surface area contributed by atoms with Crippen LogP contribution in [0.5, 0.6) is 5.75 Å². The average Bonchev–Trinajstić information content (AvgIpc) is 2.69. The molecule has 0 amide bonds. The lowest BCUT2D eigenvalue weighted by Gasteiger charge is -2.11. The van der Waals surface area contributed by atoms with Gasteiger partial charge < -0.3 is 15.2 Å². The van der Waals surface area contributed by atoms with E-state index in [1.165, 1.54) is 19.2 Å². The van der Waals surface area contributed by atoms with E-state index in [4.69, 9.17) is 26.8 Å². The summed E-state index contributed by atoms with van der Waals surface area (Å²) in [4.78, 5) is 12.3. The molecule has 132 valence electrons. The minimum absolute atomic E-state index is 0.152. The Morgan fingerprint density at radius 3 is 2.31 bits per heavy atom. The SMILES string of the molecule is COc1cc(N)c(Cl)cc1C(=O)OCc1ccc(-c2ccccc2)cc1. The zero-order valence-electron chi connectivity index (χ0n) is 14.2. The van der Waals surface area contributed by atoms with Crippen molar-refractivity contribution in [1.82, 2.24) is 0 Å². The van der Waals surface area contributed by atoms with Crippen LogP contribution in [-0.2, 0) is 11.3 Å². The zero-order valence-corrected chi connectivity index (χ0v) is 15.0. The molecule has 0 aromatic heterocycles. The summed E-state index contributed by atoms with van der Waals surface area (Å²) in [5, 5.41) is 0.282. The van der Waals surface area contributed by atoms with Gasteiger partial charge in [0.2, 0.25) is 0 Å². The number of halogens is 1. The summed E-state index contributed by atoms with van der Waals surface area (Å²) in [6.45, 7) is 0.152. The average molecular weight is 368 g/mol. The molecular formula is C21H18ClNO3. The molecule has 0 aliphatic carbocycles. The van der Waals surface area contributed by atoms with Gasteiger partial charge in [-0.1, -0.05) is 66.2 Å². The maximum absolute atomic E-state index is 12.3. The van der Waals surface area contributed by atoms with Gasteiger partial charge in [0.15, 0.2) is 0 Å². The van der Waals surface area contributed by atoms with Gasteiger partial charge in [-0.25, -0.2) is 4.79 Å². The molecule has 2 N–H and O–H groups in total. The third kappa shape index (κ3) is 3.98. The number of hydrogen-bond donors (Lipinski definition) is 1. The van der Waals surface area contributed by atoms with Gasteiger partial charge in [0.25, 0.3) is 0 Å². The van der Waals surface area contributed by atoms with Crippen molar-refractivity contribution in [2.24, 2.45) is 0 Å². The van der Waals surface area contributed by atoms with Gasteiger partial charge >= 0.3 is 5.97 Å². The van der Waals surface area contributed by atoms with Crippen LogP contribution in [-0.4, -0.2) is 13.1 Å². The van der Waals surface area contributed by atoms with E-state index in [1.54, 1.807) is 0 Å². The first-order valence-corrected chi connectivity index (χ1v) is 8.41. The summed E-state index contributed by atoms with van der Waals surface area (Å²) in [7, 11) is 1.46. The molecule has 4 nitrogen and oxygen atoms in total. The summed E-state index contributed by atoms with van der Waals surface area (Å²) < 4.78 is 10.6. The van der Waals surface area contributed by atoms with E-state index in [-0.39, 0.29) is 17.2 Å². The number of nitrogens with two attached hydrogens (primary N) is 1. The van der Waals surface area contributed by atoms with Crippen molar-refractivity contribution in [3.63, 3.8) is 0 Å². The van der Waals surface area contributed by atoms with Crippen molar-refractivity contribution in [3.05, 3.63) is 82.9 Å². The molecule has 0 saturated carbocycles. The molecule has 0 aliphatic rings. The standard InChI is InChI=1S/C21H18ClNO3/c1-25-20-12-19(23)18(22)11-17(20)21(24)26-13-14-7-9-16(10-8-14)15-5-3-2-4-6-15/h2-12H,13,23H2,1H3. The molecule has 0 fully saturated rings. The van der Waals surface area contributed by atoms with Crippen LogP contribution in [0.2, 0.25) is 5.02 Å². The van der Waals surface area contributed by atoms with E-state index >= 15 is 0 Å². The molecule has 0 saturated heterocycles. The molecule has 0 bridgehead atoms. The number of esters is 1. The Hall–Kier alpha value is -2.98. The van der Waals surface area contributed by atoms with Crippen LogP contribution in [0.1, 0.15) is 15.9 Å². The highest BCUT2D eigenvalue weighted by atomic mass is 35.5. The third-order valence-corrected chi connectivity index (χ3v) is 4.30. The van der Waals surface area contributed by atoms with E-state index in [9.17, 15) is 4.79 Å². The maximum atomic E-state index is 12.3. The number of carbonyl (C=O) groups excluding carboxylic acids is 1. The lowest BCUT2D eigenvalue weighted by molar-refractivity contribution is 0.0469. The number of ether oxygens (including phenoxy) is 2. The third-order valence-electron chi connectivity index (χ3n) is 3.97. The number of methoxy groups -OCH3 is 1. The first-order chi connectivity index (χ1) is 12.6. The first kappa shape index (κ1) is 17.8. The van der Waals surface area contributed by atoms with Crippen molar-refractivity contribution in [2.45, 2.75) is 6.61 Å². The number of anilines is 1. The van der Waals surface area contributed by atoms with Crippen molar-refractivity contribution in [1.29, 1.82) is 0 Å². The molecule has 26 heavy (non-hydrogen) atoms. The second kappa shape index (κ2) is 7.93. The minimum Gasteiger partial charge on any atom is -0.496 e. The summed E-state index contributed by atoms with van der Waals surface area (Å²) in [6.07, 6.45) is 0. The van der Waals surface area contributed by atoms with Gasteiger partial charge in [-0.2, -0.15) is 0 Å². The Balaban J connectivity index is 1.69. The van der Waals surface area contributed by atoms with Crippen molar-refractivity contribution < 1.29 is 14.3 Å². The predicted octanol–water partition coefficient (Wildman–Crippen LogP) is 4.95. The van der Waals surface area contributed by atoms with E-state index in [2.05, 4.69) is 0 Å². The Bertz CT molecular complexity index is 909. The van der Waals surface area contributed by atoms with Crippen molar-refractivity contribution >= 4 is 23.3 Å². The van der Waals surface area contributed by atoms with Gasteiger partial charge in [-0.05, 0) is 22.8 Å². The molecule has 0 spiro atoms. The van der Waals surface area contributed by atoms with Gasteiger partial charge in [-0.3, -0.25) is 0 Å². The second-order valence-corrected chi connectivity index (χ2v) is 6.12.